The molecule has 0 radical (unpaired) electrons. The van der Waals surface area contributed by atoms with Gasteiger partial charge in [-0.3, -0.25) is 14.3 Å². The van der Waals surface area contributed by atoms with Crippen molar-refractivity contribution in [1.82, 2.24) is 14.5 Å². The summed E-state index contributed by atoms with van der Waals surface area (Å²) in [5, 5.41) is 3.55. The Kier molecular flexibility index (Phi) is 4.97. The average molecular weight is 377 g/mol. The van der Waals surface area contributed by atoms with Gasteiger partial charge < -0.3 is 15.0 Å². The normalized spacial score (nSPS) is 16.2. The SMILES string of the molecule is COc1ccccc1N[C@H]1CCN(c2nc(-c3ccncc3)cc(=O)n2C)C1. The Bertz CT molecular complexity index is 1020. The van der Waals surface area contributed by atoms with Crippen LogP contribution < -0.4 is 20.5 Å². The molecule has 1 aliphatic rings. The number of aromatic nitrogens is 3. The third kappa shape index (κ3) is 3.55. The number of pyridine rings is 1. The van der Waals surface area contributed by atoms with Crippen LogP contribution in [0.25, 0.3) is 11.3 Å². The predicted molar refractivity (Wildman–Crippen MR) is 110 cm³/mol. The topological polar surface area (TPSA) is 72.3 Å². The fourth-order valence-electron chi connectivity index (χ4n) is 3.52. The van der Waals surface area contributed by atoms with Gasteiger partial charge in [0.1, 0.15) is 5.75 Å². The molecule has 1 aromatic carbocycles. The van der Waals surface area contributed by atoms with Crippen molar-refractivity contribution >= 4 is 11.6 Å². The zero-order valence-electron chi connectivity index (χ0n) is 16.0. The zero-order valence-corrected chi connectivity index (χ0v) is 16.0. The van der Waals surface area contributed by atoms with Gasteiger partial charge in [-0.05, 0) is 30.7 Å². The maximum atomic E-state index is 12.5. The predicted octanol–water partition coefficient (Wildman–Crippen LogP) is 2.54. The minimum atomic E-state index is -0.0713. The number of para-hydroxylation sites is 2. The molecule has 1 fully saturated rings. The third-order valence-corrected chi connectivity index (χ3v) is 5.03. The van der Waals surface area contributed by atoms with Crippen molar-refractivity contribution in [3.63, 3.8) is 0 Å². The van der Waals surface area contributed by atoms with Gasteiger partial charge in [0.25, 0.3) is 5.56 Å². The van der Waals surface area contributed by atoms with Crippen LogP contribution >= 0.6 is 0 Å². The van der Waals surface area contributed by atoms with Crippen molar-refractivity contribution in [3.05, 3.63) is 65.2 Å². The quantitative estimate of drug-likeness (QED) is 0.737. The standard InChI is InChI=1S/C21H23N5O2/c1-25-20(27)13-18(15-7-10-22-11-8-15)24-21(25)26-12-9-16(14-26)23-17-5-3-4-6-19(17)28-2/h3-8,10-11,13,16,23H,9,12,14H2,1-2H3/t16-/m0/s1. The van der Waals surface area contributed by atoms with E-state index in [1.807, 2.05) is 36.4 Å². The molecule has 28 heavy (non-hydrogen) atoms. The van der Waals surface area contributed by atoms with E-state index in [1.165, 1.54) is 0 Å². The van der Waals surface area contributed by atoms with Crippen LogP contribution in [0.1, 0.15) is 6.42 Å². The second-order valence-electron chi connectivity index (χ2n) is 6.85. The van der Waals surface area contributed by atoms with Gasteiger partial charge in [0, 0.05) is 50.2 Å². The number of anilines is 2. The molecule has 7 heteroatoms. The monoisotopic (exact) mass is 377 g/mol. The van der Waals surface area contributed by atoms with Crippen LogP contribution in [0.5, 0.6) is 5.75 Å². The first kappa shape index (κ1) is 18.0. The molecule has 0 spiro atoms. The first-order valence-electron chi connectivity index (χ1n) is 9.28. The molecule has 144 valence electrons. The van der Waals surface area contributed by atoms with E-state index < -0.39 is 0 Å². The molecule has 0 unspecified atom stereocenters. The lowest BCUT2D eigenvalue weighted by Crippen LogP contribution is -2.32. The molecule has 1 aliphatic heterocycles. The molecule has 0 amide bonds. The van der Waals surface area contributed by atoms with E-state index in [1.54, 1.807) is 37.2 Å². The lowest BCUT2D eigenvalue weighted by Gasteiger charge is -2.21. The van der Waals surface area contributed by atoms with Gasteiger partial charge in [-0.1, -0.05) is 12.1 Å². The number of nitrogens with one attached hydrogen (secondary N) is 1. The molecule has 2 aromatic heterocycles. The minimum absolute atomic E-state index is 0.0713. The summed E-state index contributed by atoms with van der Waals surface area (Å²) >= 11 is 0. The summed E-state index contributed by atoms with van der Waals surface area (Å²) in [6, 6.07) is 13.4. The number of nitrogens with zero attached hydrogens (tertiary/aromatic N) is 4. The maximum Gasteiger partial charge on any atom is 0.255 e. The van der Waals surface area contributed by atoms with Crippen molar-refractivity contribution in [1.29, 1.82) is 0 Å². The molecule has 4 rings (SSSR count). The Morgan fingerprint density at radius 3 is 2.75 bits per heavy atom. The Labute approximate surface area is 163 Å². The lowest BCUT2D eigenvalue weighted by atomic mass is 10.2. The average Bonchev–Trinajstić information content (AvgIpc) is 3.19. The molecule has 1 saturated heterocycles. The van der Waals surface area contributed by atoms with Gasteiger partial charge in [-0.25, -0.2) is 4.98 Å². The molecular weight excluding hydrogens is 354 g/mol. The molecular formula is C21H23N5O2. The number of methoxy groups -OCH3 is 1. The van der Waals surface area contributed by atoms with Crippen molar-refractivity contribution in [2.75, 3.05) is 30.4 Å². The van der Waals surface area contributed by atoms with Gasteiger partial charge in [0.15, 0.2) is 0 Å². The van der Waals surface area contributed by atoms with E-state index in [0.717, 1.165) is 36.5 Å². The summed E-state index contributed by atoms with van der Waals surface area (Å²) in [5.74, 6) is 1.51. The highest BCUT2D eigenvalue weighted by molar-refractivity contribution is 5.60. The van der Waals surface area contributed by atoms with E-state index in [2.05, 4.69) is 15.2 Å². The van der Waals surface area contributed by atoms with Crippen LogP contribution in [0.3, 0.4) is 0 Å². The van der Waals surface area contributed by atoms with Crippen LogP contribution in [-0.2, 0) is 7.05 Å². The van der Waals surface area contributed by atoms with Crippen LogP contribution in [0.4, 0.5) is 11.6 Å². The highest BCUT2D eigenvalue weighted by Gasteiger charge is 2.26. The number of hydrogen-bond donors (Lipinski definition) is 1. The minimum Gasteiger partial charge on any atom is -0.495 e. The van der Waals surface area contributed by atoms with E-state index in [9.17, 15) is 4.79 Å². The second kappa shape index (κ2) is 7.72. The number of ether oxygens (including phenoxy) is 1. The Balaban J connectivity index is 1.57. The van der Waals surface area contributed by atoms with E-state index >= 15 is 0 Å². The molecule has 3 aromatic rings. The summed E-state index contributed by atoms with van der Waals surface area (Å²) in [6.45, 7) is 1.59. The van der Waals surface area contributed by atoms with Gasteiger partial charge in [-0.15, -0.1) is 0 Å². The van der Waals surface area contributed by atoms with Crippen LogP contribution in [0.15, 0.2) is 59.7 Å². The van der Waals surface area contributed by atoms with Crippen LogP contribution in [-0.4, -0.2) is 40.8 Å². The second-order valence-corrected chi connectivity index (χ2v) is 6.85. The highest BCUT2D eigenvalue weighted by Crippen LogP contribution is 2.27. The number of rotatable bonds is 5. The molecule has 0 saturated carbocycles. The fourth-order valence-corrected chi connectivity index (χ4v) is 3.52. The highest BCUT2D eigenvalue weighted by atomic mass is 16.5. The van der Waals surface area contributed by atoms with Gasteiger partial charge in [0.2, 0.25) is 5.95 Å². The summed E-state index contributed by atoms with van der Waals surface area (Å²) in [4.78, 5) is 23.5. The molecule has 1 atom stereocenters. The van der Waals surface area contributed by atoms with Crippen LogP contribution in [0, 0.1) is 0 Å². The molecule has 1 N–H and O–H groups in total. The summed E-state index contributed by atoms with van der Waals surface area (Å²) in [5.41, 5.74) is 2.46. The third-order valence-electron chi connectivity index (χ3n) is 5.03. The Morgan fingerprint density at radius 1 is 1.18 bits per heavy atom. The number of benzene rings is 1. The first-order valence-corrected chi connectivity index (χ1v) is 9.28. The summed E-state index contributed by atoms with van der Waals surface area (Å²) in [6.07, 6.45) is 4.36. The Morgan fingerprint density at radius 2 is 1.96 bits per heavy atom. The molecule has 3 heterocycles. The van der Waals surface area contributed by atoms with Gasteiger partial charge in [0.05, 0.1) is 18.5 Å². The van der Waals surface area contributed by atoms with Crippen molar-refractivity contribution in [2.45, 2.75) is 12.5 Å². The van der Waals surface area contributed by atoms with Crippen LogP contribution in [0.2, 0.25) is 0 Å². The Hall–Kier alpha value is -3.35. The first-order chi connectivity index (χ1) is 13.7. The maximum absolute atomic E-state index is 12.5. The molecule has 7 nitrogen and oxygen atoms in total. The van der Waals surface area contributed by atoms with Gasteiger partial charge >= 0.3 is 0 Å². The van der Waals surface area contributed by atoms with Gasteiger partial charge in [-0.2, -0.15) is 0 Å². The largest absolute Gasteiger partial charge is 0.495 e. The fraction of sp³-hybridized carbons (Fsp3) is 0.286. The smallest absolute Gasteiger partial charge is 0.255 e. The zero-order chi connectivity index (χ0) is 19.5. The lowest BCUT2D eigenvalue weighted by molar-refractivity contribution is 0.416. The van der Waals surface area contributed by atoms with Crippen molar-refractivity contribution in [3.8, 4) is 17.0 Å². The molecule has 0 aliphatic carbocycles. The van der Waals surface area contributed by atoms with E-state index in [-0.39, 0.29) is 11.6 Å². The van der Waals surface area contributed by atoms with Crippen molar-refractivity contribution in [2.24, 2.45) is 7.05 Å². The van der Waals surface area contributed by atoms with Crippen molar-refractivity contribution < 1.29 is 4.74 Å². The van der Waals surface area contributed by atoms with E-state index in [4.69, 9.17) is 9.72 Å². The number of hydrogen-bond acceptors (Lipinski definition) is 6. The summed E-state index contributed by atoms with van der Waals surface area (Å²) < 4.78 is 7.03. The molecule has 0 bridgehead atoms. The van der Waals surface area contributed by atoms with E-state index in [0.29, 0.717) is 11.6 Å². The summed E-state index contributed by atoms with van der Waals surface area (Å²) in [7, 11) is 3.44.